The first-order valence-corrected chi connectivity index (χ1v) is 11.5. The summed E-state index contributed by atoms with van der Waals surface area (Å²) in [6.45, 7) is 0.882. The molecule has 0 aliphatic rings. The van der Waals surface area contributed by atoms with E-state index in [4.69, 9.17) is 16.6 Å². The largest absolute Gasteiger partial charge is 0.341 e. The van der Waals surface area contributed by atoms with Crippen molar-refractivity contribution in [3.8, 4) is 0 Å². The summed E-state index contributed by atoms with van der Waals surface area (Å²) in [5.74, 6) is 0.161. The lowest BCUT2D eigenvalue weighted by molar-refractivity contribution is -0.127. The van der Waals surface area contributed by atoms with Crippen molar-refractivity contribution in [2.24, 2.45) is 0 Å². The quantitative estimate of drug-likeness (QED) is 0.290. The summed E-state index contributed by atoms with van der Waals surface area (Å²) in [5.41, 5.74) is 2.50. The fourth-order valence-corrected chi connectivity index (χ4v) is 4.42. The van der Waals surface area contributed by atoms with Gasteiger partial charge in [0.15, 0.2) is 5.16 Å². The van der Waals surface area contributed by atoms with Gasteiger partial charge in [0, 0.05) is 18.6 Å². The number of rotatable bonds is 7. The highest BCUT2D eigenvalue weighted by Crippen LogP contribution is 2.20. The van der Waals surface area contributed by atoms with Crippen LogP contribution in [0.15, 0.2) is 88.8 Å². The number of aromatic nitrogens is 2. The van der Waals surface area contributed by atoms with Gasteiger partial charge >= 0.3 is 0 Å². The van der Waals surface area contributed by atoms with Crippen molar-refractivity contribution in [2.75, 3.05) is 12.8 Å². The highest BCUT2D eigenvalue weighted by Gasteiger charge is 2.16. The van der Waals surface area contributed by atoms with Gasteiger partial charge in [0.05, 0.1) is 23.2 Å². The Bertz CT molecular complexity index is 1290. The molecule has 1 amide bonds. The van der Waals surface area contributed by atoms with Crippen LogP contribution in [0.2, 0.25) is 5.02 Å². The molecular formula is C25H22ClN3O2S. The fraction of sp³-hybridized carbons (Fsp3) is 0.160. The van der Waals surface area contributed by atoms with Crippen LogP contribution in [0.25, 0.3) is 10.9 Å². The number of benzene rings is 3. The van der Waals surface area contributed by atoms with E-state index in [0.717, 1.165) is 11.1 Å². The molecule has 7 heteroatoms. The first-order valence-electron chi connectivity index (χ1n) is 10.2. The Morgan fingerprint density at radius 2 is 1.66 bits per heavy atom. The number of nitrogens with zero attached hydrogens (tertiary/aromatic N) is 3. The number of amides is 1. The molecule has 4 aromatic rings. The molecule has 0 saturated carbocycles. The molecule has 0 saturated heterocycles. The molecule has 0 spiro atoms. The lowest BCUT2D eigenvalue weighted by Gasteiger charge is -2.18. The Balaban J connectivity index is 1.58. The monoisotopic (exact) mass is 463 g/mol. The Morgan fingerprint density at radius 1 is 0.969 bits per heavy atom. The zero-order chi connectivity index (χ0) is 22.5. The number of fused-ring (bicyclic) bond motifs is 1. The zero-order valence-electron chi connectivity index (χ0n) is 17.6. The van der Waals surface area contributed by atoms with Crippen LogP contribution in [0, 0.1) is 0 Å². The van der Waals surface area contributed by atoms with Gasteiger partial charge in [-0.1, -0.05) is 78.0 Å². The van der Waals surface area contributed by atoms with Gasteiger partial charge in [-0.25, -0.2) is 4.98 Å². The van der Waals surface area contributed by atoms with Crippen molar-refractivity contribution in [1.29, 1.82) is 0 Å². The van der Waals surface area contributed by atoms with Gasteiger partial charge in [-0.05, 0) is 35.4 Å². The van der Waals surface area contributed by atoms with Crippen molar-refractivity contribution in [3.05, 3.63) is 105 Å². The highest BCUT2D eigenvalue weighted by atomic mass is 35.5. The third-order valence-electron chi connectivity index (χ3n) is 5.09. The Hall–Kier alpha value is -3.09. The normalized spacial score (nSPS) is 10.9. The second kappa shape index (κ2) is 10.0. The van der Waals surface area contributed by atoms with Gasteiger partial charge in [-0.2, -0.15) is 0 Å². The van der Waals surface area contributed by atoms with Crippen LogP contribution >= 0.6 is 23.4 Å². The van der Waals surface area contributed by atoms with E-state index in [9.17, 15) is 9.59 Å². The summed E-state index contributed by atoms with van der Waals surface area (Å²) in [4.78, 5) is 32.4. The molecule has 0 aliphatic carbocycles. The van der Waals surface area contributed by atoms with Crippen LogP contribution in [0.3, 0.4) is 0 Å². The zero-order valence-corrected chi connectivity index (χ0v) is 19.1. The molecule has 32 heavy (non-hydrogen) atoms. The van der Waals surface area contributed by atoms with Crippen LogP contribution in [0.1, 0.15) is 11.1 Å². The molecule has 0 bridgehead atoms. The van der Waals surface area contributed by atoms with E-state index in [-0.39, 0.29) is 17.2 Å². The number of halogens is 1. The predicted molar refractivity (Wildman–Crippen MR) is 130 cm³/mol. The van der Waals surface area contributed by atoms with Crippen molar-refractivity contribution >= 4 is 40.2 Å². The van der Waals surface area contributed by atoms with E-state index in [1.54, 1.807) is 34.7 Å². The Kier molecular flexibility index (Phi) is 6.93. The van der Waals surface area contributed by atoms with Crippen LogP contribution in [0.4, 0.5) is 0 Å². The SMILES string of the molecule is CN(Cc1ccccc1)C(=O)CSc1nc2ccccc2c(=O)n1Cc1ccc(Cl)cc1. The second-order valence-corrected chi connectivity index (χ2v) is 8.83. The number of hydrogen-bond acceptors (Lipinski definition) is 4. The van der Waals surface area contributed by atoms with Crippen molar-refractivity contribution in [2.45, 2.75) is 18.2 Å². The number of para-hydroxylation sites is 1. The highest BCUT2D eigenvalue weighted by molar-refractivity contribution is 7.99. The van der Waals surface area contributed by atoms with E-state index < -0.39 is 0 Å². The van der Waals surface area contributed by atoms with Crippen LogP contribution in [0.5, 0.6) is 0 Å². The molecule has 0 aliphatic heterocycles. The van der Waals surface area contributed by atoms with E-state index in [1.807, 2.05) is 60.7 Å². The molecule has 162 valence electrons. The molecule has 0 unspecified atom stereocenters. The smallest absolute Gasteiger partial charge is 0.262 e. The van der Waals surface area contributed by atoms with Gasteiger partial charge in [-0.3, -0.25) is 14.2 Å². The second-order valence-electron chi connectivity index (χ2n) is 7.45. The summed E-state index contributed by atoms with van der Waals surface area (Å²) in [6, 6.07) is 24.5. The summed E-state index contributed by atoms with van der Waals surface area (Å²) in [5, 5.41) is 1.71. The van der Waals surface area contributed by atoms with Crippen LogP contribution in [-0.4, -0.2) is 33.2 Å². The molecule has 3 aromatic carbocycles. The minimum Gasteiger partial charge on any atom is -0.341 e. The number of thioether (sulfide) groups is 1. The molecule has 0 N–H and O–H groups in total. The van der Waals surface area contributed by atoms with Gasteiger partial charge < -0.3 is 4.90 Å². The van der Waals surface area contributed by atoms with Crippen LogP contribution in [-0.2, 0) is 17.9 Å². The van der Waals surface area contributed by atoms with E-state index >= 15 is 0 Å². The number of carbonyl (C=O) groups is 1. The van der Waals surface area contributed by atoms with Gasteiger partial charge in [0.2, 0.25) is 5.91 Å². The maximum absolute atomic E-state index is 13.2. The first kappa shape index (κ1) is 22.1. The lowest BCUT2D eigenvalue weighted by Crippen LogP contribution is -2.29. The fourth-order valence-electron chi connectivity index (χ4n) is 3.35. The molecule has 1 heterocycles. The van der Waals surface area contributed by atoms with Gasteiger partial charge in [0.25, 0.3) is 5.56 Å². The third kappa shape index (κ3) is 5.21. The van der Waals surface area contributed by atoms with Gasteiger partial charge in [0.1, 0.15) is 0 Å². The molecule has 5 nitrogen and oxygen atoms in total. The molecule has 1 aromatic heterocycles. The third-order valence-corrected chi connectivity index (χ3v) is 6.31. The summed E-state index contributed by atoms with van der Waals surface area (Å²) < 4.78 is 1.63. The minimum absolute atomic E-state index is 0.0284. The Morgan fingerprint density at radius 3 is 2.41 bits per heavy atom. The summed E-state index contributed by atoms with van der Waals surface area (Å²) in [6.07, 6.45) is 0. The summed E-state index contributed by atoms with van der Waals surface area (Å²) in [7, 11) is 1.78. The standard InChI is InChI=1S/C25H22ClN3O2S/c1-28(15-18-7-3-2-4-8-18)23(30)17-32-25-27-22-10-6-5-9-21(22)24(31)29(25)16-19-11-13-20(26)14-12-19/h2-14H,15-17H2,1H3. The maximum atomic E-state index is 13.2. The van der Waals surface area contributed by atoms with Gasteiger partial charge in [-0.15, -0.1) is 0 Å². The van der Waals surface area contributed by atoms with Crippen molar-refractivity contribution < 1.29 is 4.79 Å². The maximum Gasteiger partial charge on any atom is 0.262 e. The topological polar surface area (TPSA) is 55.2 Å². The number of hydrogen-bond donors (Lipinski definition) is 0. The molecule has 0 fully saturated rings. The first-order chi connectivity index (χ1) is 15.5. The number of carbonyl (C=O) groups excluding carboxylic acids is 1. The van der Waals surface area contributed by atoms with E-state index in [2.05, 4.69) is 0 Å². The van der Waals surface area contributed by atoms with Crippen molar-refractivity contribution in [3.63, 3.8) is 0 Å². The van der Waals surface area contributed by atoms with E-state index in [1.165, 1.54) is 11.8 Å². The van der Waals surface area contributed by atoms with Crippen LogP contribution < -0.4 is 5.56 Å². The molecule has 4 rings (SSSR count). The van der Waals surface area contributed by atoms with E-state index in [0.29, 0.717) is 34.2 Å². The molecule has 0 radical (unpaired) electrons. The summed E-state index contributed by atoms with van der Waals surface area (Å²) >= 11 is 7.28. The average Bonchev–Trinajstić information content (AvgIpc) is 2.81. The lowest BCUT2D eigenvalue weighted by atomic mass is 10.2. The molecular weight excluding hydrogens is 442 g/mol. The predicted octanol–water partition coefficient (Wildman–Crippen LogP) is 4.85. The average molecular weight is 464 g/mol. The molecule has 0 atom stereocenters. The minimum atomic E-state index is -0.127. The Labute approximate surface area is 195 Å². The van der Waals surface area contributed by atoms with Crippen molar-refractivity contribution in [1.82, 2.24) is 14.5 Å².